The van der Waals surface area contributed by atoms with E-state index in [1.165, 1.54) is 42.7 Å². The number of hydrogen-bond donors (Lipinski definition) is 3. The summed E-state index contributed by atoms with van der Waals surface area (Å²) in [6.07, 6.45) is 0.476. The number of methoxy groups -OCH3 is 6. The van der Waals surface area contributed by atoms with E-state index in [-0.39, 0.29) is 43.1 Å². The largest absolute Gasteiger partial charge is 1.00 e. The van der Waals surface area contributed by atoms with Crippen LogP contribution in [0.1, 0.15) is 33.6 Å². The van der Waals surface area contributed by atoms with Crippen LogP contribution >= 0.6 is 0 Å². The van der Waals surface area contributed by atoms with Gasteiger partial charge in [0.05, 0.1) is 60.6 Å². The summed E-state index contributed by atoms with van der Waals surface area (Å²) in [6, 6.07) is 19.9. The Morgan fingerprint density at radius 1 is 0.517 bits per heavy atom. The minimum atomic E-state index is -1.19. The van der Waals surface area contributed by atoms with Gasteiger partial charge in [0.25, 0.3) is 0 Å². The van der Waals surface area contributed by atoms with Crippen LogP contribution in [0.25, 0.3) is 0 Å². The first-order valence-electron chi connectivity index (χ1n) is 18.1. The summed E-state index contributed by atoms with van der Waals surface area (Å²) >= 11 is 0. The number of amides is 2. The van der Waals surface area contributed by atoms with Crippen molar-refractivity contribution in [2.75, 3.05) is 59.9 Å². The quantitative estimate of drug-likeness (QED) is 0.0676. The van der Waals surface area contributed by atoms with Gasteiger partial charge < -0.3 is 63.8 Å². The molecule has 0 aliphatic carbocycles. The first-order chi connectivity index (χ1) is 27.9. The summed E-state index contributed by atoms with van der Waals surface area (Å²) in [5, 5.41) is 14.5. The predicted octanol–water partition coefficient (Wildman–Crippen LogP) is 4.41. The zero-order valence-electron chi connectivity index (χ0n) is 35.4. The zero-order valence-corrected chi connectivity index (χ0v) is 35.4. The van der Waals surface area contributed by atoms with Crippen molar-refractivity contribution in [3.8, 4) is 57.5 Å². The number of carboxylic acid groups (broad SMARTS) is 1. The number of aliphatic carboxylic acids is 1. The van der Waals surface area contributed by atoms with Crippen molar-refractivity contribution in [1.82, 2.24) is 0 Å². The number of ether oxygens (including phenoxy) is 9. The Morgan fingerprint density at radius 3 is 1.35 bits per heavy atom. The van der Waals surface area contributed by atoms with E-state index in [4.69, 9.17) is 42.6 Å². The van der Waals surface area contributed by atoms with Gasteiger partial charge in [-0.05, 0) is 56.2 Å². The van der Waals surface area contributed by atoms with Gasteiger partial charge in [0.2, 0.25) is 11.8 Å². The normalized spacial score (nSPS) is 10.9. The summed E-state index contributed by atoms with van der Waals surface area (Å²) in [4.78, 5) is 48.3. The Labute approximate surface area is 361 Å². The van der Waals surface area contributed by atoms with Crippen molar-refractivity contribution < 1.29 is 91.3 Å². The van der Waals surface area contributed by atoms with E-state index in [0.29, 0.717) is 69.5 Å². The molecule has 4 N–H and O–H groups in total. The molecule has 4 aromatic carbocycles. The number of hydrogen-bond acceptors (Lipinski definition) is 14. The molecule has 0 bridgehead atoms. The van der Waals surface area contributed by atoms with Crippen molar-refractivity contribution in [2.24, 2.45) is 11.8 Å². The smallest absolute Gasteiger partial charge is 0.870 e. The number of benzene rings is 4. The van der Waals surface area contributed by atoms with E-state index in [1.807, 2.05) is 0 Å². The maximum Gasteiger partial charge on any atom is 1.00 e. The molecule has 2 atom stereocenters. The minimum Gasteiger partial charge on any atom is -0.870 e. The summed E-state index contributed by atoms with van der Waals surface area (Å²) in [7, 11) is 9.14. The Bertz CT molecular complexity index is 2010. The SMILES string of the molecule is CCC(C(=O)O)C(=O)Nc1ccc(OC)cc1Oc1ccc(OC)cc1OC.CCOC(=O)C(CC)C(=O)Nc1ccc(OC)cc1Oc1cc(OC)cc(OC)c1.[Li+].[OH-]. The van der Waals surface area contributed by atoms with Crippen LogP contribution in [0.5, 0.6) is 57.5 Å². The fourth-order valence-corrected chi connectivity index (χ4v) is 5.19. The molecule has 0 heterocycles. The van der Waals surface area contributed by atoms with E-state index in [1.54, 1.807) is 93.6 Å². The Kier molecular flexibility index (Phi) is 22.4. The summed E-state index contributed by atoms with van der Waals surface area (Å²) in [5.74, 6) is -0.356. The van der Waals surface area contributed by atoms with Crippen molar-refractivity contribution in [1.29, 1.82) is 0 Å². The molecule has 17 nitrogen and oxygen atoms in total. The van der Waals surface area contributed by atoms with Crippen LogP contribution in [-0.2, 0) is 23.9 Å². The monoisotopic (exact) mass is 830 g/mol. The van der Waals surface area contributed by atoms with Gasteiger partial charge in [-0.25, -0.2) is 0 Å². The second-order valence-corrected chi connectivity index (χ2v) is 12.0. The van der Waals surface area contributed by atoms with Gasteiger partial charge >= 0.3 is 30.8 Å². The number of esters is 1. The number of carbonyl (C=O) groups is 4. The number of carbonyl (C=O) groups excluding carboxylic acids is 3. The first kappa shape index (κ1) is 51.7. The van der Waals surface area contributed by atoms with Crippen LogP contribution in [0.15, 0.2) is 72.8 Å². The maximum absolute atomic E-state index is 12.7. The molecule has 0 aromatic heterocycles. The summed E-state index contributed by atoms with van der Waals surface area (Å²) < 4.78 is 48.4. The molecule has 60 heavy (non-hydrogen) atoms. The van der Waals surface area contributed by atoms with Crippen molar-refractivity contribution in [2.45, 2.75) is 33.6 Å². The minimum absolute atomic E-state index is 0. The fourth-order valence-electron chi connectivity index (χ4n) is 5.19. The molecule has 0 saturated heterocycles. The average molecular weight is 831 g/mol. The van der Waals surface area contributed by atoms with E-state index < -0.39 is 35.6 Å². The molecule has 0 radical (unpaired) electrons. The molecule has 4 rings (SSSR count). The van der Waals surface area contributed by atoms with E-state index in [2.05, 4.69) is 10.6 Å². The van der Waals surface area contributed by atoms with E-state index in [9.17, 15) is 24.3 Å². The standard InChI is InChI=1S/C22H27NO7.C20H23NO7.Li.H2O/c1-6-18(22(25)29-7-2)21(24)23-19-9-8-14(26-3)13-20(19)30-17-11-15(27-4)10-16(12-17)28-5;1-5-14(20(23)24)19(22)21-15-8-6-12(25-2)10-17(15)28-16-9-7-13(26-3)11-18(16)27-4;;/h8-13,18H,6-7H2,1-5H3,(H,23,24);6-11,14H,5H2,1-4H3,(H,21,22)(H,23,24);;1H2/q;;+1;/p-1. The summed E-state index contributed by atoms with van der Waals surface area (Å²) in [5.41, 5.74) is 0.689. The molecule has 0 saturated carbocycles. The Hall–Kier alpha value is -6.28. The second-order valence-electron chi connectivity index (χ2n) is 12.0. The third kappa shape index (κ3) is 14.5. The van der Waals surface area contributed by atoms with Crippen molar-refractivity contribution in [3.63, 3.8) is 0 Å². The second kappa shape index (κ2) is 25.9. The molecule has 0 spiro atoms. The molecule has 0 aliphatic rings. The van der Waals surface area contributed by atoms with Crippen LogP contribution in [-0.4, -0.2) is 83.6 Å². The van der Waals surface area contributed by atoms with Crippen molar-refractivity contribution in [3.05, 3.63) is 72.8 Å². The Morgan fingerprint density at radius 2 is 0.933 bits per heavy atom. The third-order valence-electron chi connectivity index (χ3n) is 8.36. The number of rotatable bonds is 19. The van der Waals surface area contributed by atoms with Crippen LogP contribution in [0.2, 0.25) is 0 Å². The zero-order chi connectivity index (χ0) is 42.8. The van der Waals surface area contributed by atoms with E-state index >= 15 is 0 Å². The first-order valence-corrected chi connectivity index (χ1v) is 18.1. The van der Waals surface area contributed by atoms with Gasteiger partial charge in [-0.3, -0.25) is 19.2 Å². The van der Waals surface area contributed by atoms with Crippen LogP contribution < -0.4 is 67.4 Å². The van der Waals surface area contributed by atoms with Gasteiger partial charge in [-0.15, -0.1) is 0 Å². The molecular formula is C42H51LiN2O15. The number of nitrogens with one attached hydrogen (secondary N) is 2. The Balaban J connectivity index is 0.000000582. The molecule has 0 aliphatic heterocycles. The fraction of sp³-hybridized carbons (Fsp3) is 0.333. The topological polar surface area (TPSA) is 226 Å². The predicted molar refractivity (Wildman–Crippen MR) is 216 cm³/mol. The molecule has 0 fully saturated rings. The molecule has 2 unspecified atom stereocenters. The van der Waals surface area contributed by atoms with Gasteiger partial charge in [0.15, 0.2) is 23.0 Å². The molecule has 18 heteroatoms. The van der Waals surface area contributed by atoms with Gasteiger partial charge in [-0.1, -0.05) is 13.8 Å². The van der Waals surface area contributed by atoms with Crippen LogP contribution in [0, 0.1) is 11.8 Å². The summed E-state index contributed by atoms with van der Waals surface area (Å²) in [6.45, 7) is 5.28. The van der Waals surface area contributed by atoms with E-state index in [0.717, 1.165) is 0 Å². The van der Waals surface area contributed by atoms with Crippen molar-refractivity contribution >= 4 is 35.1 Å². The molecular weight excluding hydrogens is 779 g/mol. The van der Waals surface area contributed by atoms with Gasteiger partial charge in [0, 0.05) is 36.4 Å². The maximum atomic E-state index is 12.7. The molecule has 320 valence electrons. The van der Waals surface area contributed by atoms with Gasteiger partial charge in [0.1, 0.15) is 46.3 Å². The average Bonchev–Trinajstić information content (AvgIpc) is 3.22. The van der Waals surface area contributed by atoms with Gasteiger partial charge in [-0.2, -0.15) is 0 Å². The molecule has 4 aromatic rings. The third-order valence-corrected chi connectivity index (χ3v) is 8.36. The van der Waals surface area contributed by atoms with Crippen LogP contribution in [0.3, 0.4) is 0 Å². The number of anilines is 2. The number of carboxylic acids is 1. The molecule has 2 amide bonds. The van der Waals surface area contributed by atoms with Crippen LogP contribution in [0.4, 0.5) is 11.4 Å².